The van der Waals surface area contributed by atoms with E-state index in [-0.39, 0.29) is 0 Å². The van der Waals surface area contributed by atoms with Crippen molar-refractivity contribution in [3.8, 4) is 0 Å². The van der Waals surface area contributed by atoms with Crippen LogP contribution in [0.25, 0.3) is 0 Å². The van der Waals surface area contributed by atoms with Crippen molar-refractivity contribution in [1.82, 2.24) is 0 Å². The molecule has 2 fully saturated rings. The van der Waals surface area contributed by atoms with Crippen LogP contribution in [0.2, 0.25) is 0 Å². The molecule has 2 heteroatoms. The Morgan fingerprint density at radius 1 is 1.29 bits per heavy atom. The molecule has 0 heterocycles. The molecule has 0 aliphatic heterocycles. The van der Waals surface area contributed by atoms with E-state index in [1.165, 1.54) is 38.5 Å². The third kappa shape index (κ3) is 1.70. The second-order valence-corrected chi connectivity index (χ2v) is 5.47. The van der Waals surface area contributed by atoms with Gasteiger partial charge in [-0.05, 0) is 43.4 Å². The highest BCUT2D eigenvalue weighted by Crippen LogP contribution is 2.50. The van der Waals surface area contributed by atoms with Gasteiger partial charge in [0.1, 0.15) is 0 Å². The fourth-order valence-corrected chi connectivity index (χ4v) is 3.66. The van der Waals surface area contributed by atoms with E-state index in [2.05, 4.69) is 6.92 Å². The fourth-order valence-electron chi connectivity index (χ4n) is 3.66. The molecule has 0 aromatic carbocycles. The molecule has 2 saturated carbocycles. The third-order valence-corrected chi connectivity index (χ3v) is 4.47. The monoisotopic (exact) mass is 197 g/mol. The molecule has 0 aromatic rings. The zero-order chi connectivity index (χ0) is 10.2. The maximum absolute atomic E-state index is 6.02. The minimum atomic E-state index is 0.443. The highest BCUT2D eigenvalue weighted by Gasteiger charge is 2.45. The van der Waals surface area contributed by atoms with Gasteiger partial charge in [0.15, 0.2) is 0 Å². The summed E-state index contributed by atoms with van der Waals surface area (Å²) in [7, 11) is 1.86. The van der Waals surface area contributed by atoms with Crippen molar-refractivity contribution in [1.29, 1.82) is 0 Å². The van der Waals surface area contributed by atoms with E-state index in [1.54, 1.807) is 0 Å². The lowest BCUT2D eigenvalue weighted by molar-refractivity contribution is 0.0149. The topological polar surface area (TPSA) is 35.2 Å². The Morgan fingerprint density at radius 2 is 2.07 bits per heavy atom. The van der Waals surface area contributed by atoms with Crippen LogP contribution in [-0.4, -0.2) is 19.3 Å². The van der Waals surface area contributed by atoms with E-state index in [4.69, 9.17) is 10.5 Å². The third-order valence-electron chi connectivity index (χ3n) is 4.47. The number of ether oxygens (including phenoxy) is 1. The average Bonchev–Trinajstić information content (AvgIpc) is 2.73. The summed E-state index contributed by atoms with van der Waals surface area (Å²) in [5, 5.41) is 0. The van der Waals surface area contributed by atoms with Crippen LogP contribution < -0.4 is 5.73 Å². The first-order chi connectivity index (χ1) is 6.65. The fraction of sp³-hybridized carbons (Fsp3) is 1.00. The van der Waals surface area contributed by atoms with Crippen molar-refractivity contribution < 1.29 is 4.74 Å². The van der Waals surface area contributed by atoms with Crippen molar-refractivity contribution >= 4 is 0 Å². The molecule has 0 saturated heterocycles. The first kappa shape index (κ1) is 10.4. The van der Waals surface area contributed by atoms with Crippen molar-refractivity contribution in [2.45, 2.75) is 57.6 Å². The van der Waals surface area contributed by atoms with Crippen molar-refractivity contribution in [2.24, 2.45) is 17.1 Å². The first-order valence-corrected chi connectivity index (χ1v) is 5.94. The predicted octanol–water partition coefficient (Wildman–Crippen LogP) is 2.32. The van der Waals surface area contributed by atoms with Gasteiger partial charge in [0, 0.05) is 13.2 Å². The van der Waals surface area contributed by atoms with Crippen LogP contribution in [0.1, 0.15) is 45.4 Å². The van der Waals surface area contributed by atoms with Gasteiger partial charge in [-0.3, -0.25) is 0 Å². The maximum atomic E-state index is 6.02. The molecule has 82 valence electrons. The van der Waals surface area contributed by atoms with Gasteiger partial charge >= 0.3 is 0 Å². The Bertz CT molecular complexity index is 206. The normalized spacial score (nSPS) is 48.6. The van der Waals surface area contributed by atoms with Crippen molar-refractivity contribution in [2.75, 3.05) is 7.11 Å². The summed E-state index contributed by atoms with van der Waals surface area (Å²) in [6.45, 7) is 2.42. The molecule has 14 heavy (non-hydrogen) atoms. The van der Waals surface area contributed by atoms with Crippen LogP contribution in [0.15, 0.2) is 0 Å². The van der Waals surface area contributed by atoms with E-state index in [9.17, 15) is 0 Å². The van der Waals surface area contributed by atoms with Gasteiger partial charge in [0.05, 0.1) is 6.10 Å². The lowest BCUT2D eigenvalue weighted by Crippen LogP contribution is -2.33. The van der Waals surface area contributed by atoms with Gasteiger partial charge in [0.25, 0.3) is 0 Å². The lowest BCUT2D eigenvalue weighted by Gasteiger charge is -2.35. The van der Waals surface area contributed by atoms with Crippen molar-refractivity contribution in [3.05, 3.63) is 0 Å². The number of rotatable bonds is 2. The van der Waals surface area contributed by atoms with Gasteiger partial charge in [0.2, 0.25) is 0 Å². The molecule has 0 aromatic heterocycles. The molecule has 0 amide bonds. The molecular weight excluding hydrogens is 174 g/mol. The molecule has 4 atom stereocenters. The zero-order valence-corrected chi connectivity index (χ0v) is 9.46. The quantitative estimate of drug-likeness (QED) is 0.737. The van der Waals surface area contributed by atoms with Crippen LogP contribution in [0, 0.1) is 11.3 Å². The summed E-state index contributed by atoms with van der Waals surface area (Å²) in [6.07, 6.45) is 8.17. The minimum absolute atomic E-state index is 0.443. The Kier molecular flexibility index (Phi) is 2.85. The van der Waals surface area contributed by atoms with E-state index in [0.29, 0.717) is 17.6 Å². The van der Waals surface area contributed by atoms with Gasteiger partial charge in [-0.15, -0.1) is 0 Å². The van der Waals surface area contributed by atoms with E-state index in [0.717, 1.165) is 5.92 Å². The lowest BCUT2D eigenvalue weighted by atomic mass is 9.73. The number of hydrogen-bond acceptors (Lipinski definition) is 2. The molecule has 4 unspecified atom stereocenters. The maximum Gasteiger partial charge on any atom is 0.0604 e. The Labute approximate surface area is 87.2 Å². The van der Waals surface area contributed by atoms with Gasteiger partial charge in [-0.1, -0.05) is 13.3 Å². The van der Waals surface area contributed by atoms with Crippen LogP contribution in [0.3, 0.4) is 0 Å². The summed E-state index contributed by atoms with van der Waals surface area (Å²) >= 11 is 0. The van der Waals surface area contributed by atoms with E-state index >= 15 is 0 Å². The largest absolute Gasteiger partial charge is 0.381 e. The average molecular weight is 197 g/mol. The molecule has 2 aliphatic rings. The van der Waals surface area contributed by atoms with E-state index < -0.39 is 0 Å². The van der Waals surface area contributed by atoms with Gasteiger partial charge in [-0.2, -0.15) is 0 Å². The highest BCUT2D eigenvalue weighted by molar-refractivity contribution is 4.97. The minimum Gasteiger partial charge on any atom is -0.381 e. The SMILES string of the molecule is COC1CCCC1C1(C)CCC(N)C1. The van der Waals surface area contributed by atoms with Crippen LogP contribution >= 0.6 is 0 Å². The smallest absolute Gasteiger partial charge is 0.0604 e. The Morgan fingerprint density at radius 3 is 2.64 bits per heavy atom. The Balaban J connectivity index is 2.06. The van der Waals surface area contributed by atoms with Crippen LogP contribution in [0.4, 0.5) is 0 Å². The molecule has 0 radical (unpaired) electrons. The second kappa shape index (κ2) is 3.82. The highest BCUT2D eigenvalue weighted by atomic mass is 16.5. The molecule has 0 bridgehead atoms. The Hall–Kier alpha value is -0.0800. The molecule has 2 nitrogen and oxygen atoms in total. The summed E-state index contributed by atoms with van der Waals surface area (Å²) < 4.78 is 5.60. The van der Waals surface area contributed by atoms with Crippen molar-refractivity contribution in [3.63, 3.8) is 0 Å². The number of nitrogens with two attached hydrogens (primary N) is 1. The molecule has 2 aliphatic carbocycles. The predicted molar refractivity (Wildman–Crippen MR) is 58.1 cm³/mol. The summed E-state index contributed by atoms with van der Waals surface area (Å²) in [5.41, 5.74) is 6.49. The summed E-state index contributed by atoms with van der Waals surface area (Å²) in [6, 6.07) is 0.443. The molecule has 0 spiro atoms. The number of methoxy groups -OCH3 is 1. The molecule has 2 N–H and O–H groups in total. The van der Waals surface area contributed by atoms with Gasteiger partial charge < -0.3 is 10.5 Å². The molecule has 2 rings (SSSR count). The summed E-state index contributed by atoms with van der Waals surface area (Å²) in [4.78, 5) is 0. The van der Waals surface area contributed by atoms with E-state index in [1.807, 2.05) is 7.11 Å². The first-order valence-electron chi connectivity index (χ1n) is 5.94. The van der Waals surface area contributed by atoms with Crippen LogP contribution in [-0.2, 0) is 4.74 Å². The van der Waals surface area contributed by atoms with Crippen LogP contribution in [0.5, 0.6) is 0 Å². The van der Waals surface area contributed by atoms with Gasteiger partial charge in [-0.25, -0.2) is 0 Å². The standard InChI is InChI=1S/C12H23NO/c1-12(7-6-9(13)8-12)10-4-3-5-11(10)14-2/h9-11H,3-8,13H2,1-2H3. The zero-order valence-electron chi connectivity index (χ0n) is 9.46. The number of hydrogen-bond donors (Lipinski definition) is 1. The molecular formula is C12H23NO. The second-order valence-electron chi connectivity index (χ2n) is 5.47. The summed E-state index contributed by atoms with van der Waals surface area (Å²) in [5.74, 6) is 0.765.